The third kappa shape index (κ3) is 33.7. The van der Waals surface area contributed by atoms with Crippen LogP contribution in [0.25, 0.3) is 0 Å². The molecule has 0 saturated carbocycles. The number of carboxylic acids is 1. The average Bonchev–Trinajstić information content (AvgIpc) is 2.99. The van der Waals surface area contributed by atoms with E-state index in [0.717, 1.165) is 77.0 Å². The van der Waals surface area contributed by atoms with E-state index in [1.54, 1.807) is 0 Å². The molecule has 0 aromatic heterocycles. The first kappa shape index (κ1) is 40.4. The highest BCUT2D eigenvalue weighted by molar-refractivity contribution is 5.69. The van der Waals surface area contributed by atoms with Gasteiger partial charge in [0.2, 0.25) is 0 Å². The highest BCUT2D eigenvalue weighted by atomic mass is 16.5. The number of hydrogen-bond acceptors (Lipinski definition) is 3. The van der Waals surface area contributed by atoms with Gasteiger partial charge in [0.25, 0.3) is 0 Å². The van der Waals surface area contributed by atoms with E-state index in [-0.39, 0.29) is 18.5 Å². The number of carboxylic acid groups (broad SMARTS) is 1. The molecule has 0 fully saturated rings. The number of esters is 1. The molecule has 0 aliphatic carbocycles. The van der Waals surface area contributed by atoms with E-state index in [2.05, 4.69) is 86.8 Å². The van der Waals surface area contributed by atoms with Gasteiger partial charge < -0.3 is 9.84 Å². The number of hydrogen-bond donors (Lipinski definition) is 1. The molecule has 0 aromatic carbocycles. The largest absolute Gasteiger partial charge is 0.481 e. The van der Waals surface area contributed by atoms with Crippen molar-refractivity contribution in [2.45, 2.75) is 161 Å². The molecule has 0 aliphatic rings. The summed E-state index contributed by atoms with van der Waals surface area (Å²) in [5, 5.41) is 8.81. The van der Waals surface area contributed by atoms with Crippen molar-refractivity contribution in [3.63, 3.8) is 0 Å². The minimum absolute atomic E-state index is 0.121. The molecule has 4 heteroatoms. The minimum atomic E-state index is -0.732. The normalized spacial score (nSPS) is 13.2. The zero-order valence-electron chi connectivity index (χ0n) is 27.7. The second kappa shape index (κ2) is 33.9. The fraction of sp³-hybridized carbons (Fsp3) is 0.641. The van der Waals surface area contributed by atoms with Gasteiger partial charge in [-0.1, -0.05) is 132 Å². The molecule has 1 atom stereocenters. The Hall–Kier alpha value is -2.62. The molecule has 0 radical (unpaired) electrons. The molecule has 4 nitrogen and oxygen atoms in total. The monoisotopic (exact) mass is 596 g/mol. The molecule has 0 heterocycles. The lowest BCUT2D eigenvalue weighted by Gasteiger charge is -2.14. The van der Waals surface area contributed by atoms with E-state index in [0.29, 0.717) is 12.8 Å². The Morgan fingerprint density at radius 2 is 1.07 bits per heavy atom. The highest BCUT2D eigenvalue weighted by Crippen LogP contribution is 2.14. The van der Waals surface area contributed by atoms with Crippen molar-refractivity contribution in [2.75, 3.05) is 0 Å². The first-order valence-electron chi connectivity index (χ1n) is 17.4. The van der Waals surface area contributed by atoms with Crippen molar-refractivity contribution in [1.82, 2.24) is 0 Å². The summed E-state index contributed by atoms with van der Waals surface area (Å²) in [6.07, 6.45) is 47.8. The standard InChI is InChI=1S/C39H64O4/c1-3-5-7-9-11-13-14-15-16-17-18-19-20-22-24-26-32-36-39(42)43-37(34-30-27-28-31-35-38(40)41)33-29-25-23-21-12-10-8-6-4-2/h5,7,11,13,15-16,18-19,22,24,29,33,37H,3-4,6,8-10,12,14,17,20-21,23,25-28,30-32,34-36H2,1-2H3,(H,40,41)/b7-5-,13-11-,16-15-,19-18-,24-22-,33-29-. The number of carbonyl (C=O) groups excluding carboxylic acids is 1. The van der Waals surface area contributed by atoms with E-state index in [1.807, 2.05) is 0 Å². The molecule has 1 unspecified atom stereocenters. The summed E-state index contributed by atoms with van der Waals surface area (Å²) in [4.78, 5) is 23.2. The highest BCUT2D eigenvalue weighted by Gasteiger charge is 2.11. The Morgan fingerprint density at radius 3 is 1.67 bits per heavy atom. The summed E-state index contributed by atoms with van der Waals surface area (Å²) in [6, 6.07) is 0. The van der Waals surface area contributed by atoms with Crippen LogP contribution in [0.2, 0.25) is 0 Å². The molecule has 0 rings (SSSR count). The van der Waals surface area contributed by atoms with Gasteiger partial charge in [-0.2, -0.15) is 0 Å². The van der Waals surface area contributed by atoms with Gasteiger partial charge in [0.05, 0.1) is 0 Å². The van der Waals surface area contributed by atoms with Crippen LogP contribution in [-0.2, 0) is 14.3 Å². The van der Waals surface area contributed by atoms with Gasteiger partial charge in [0, 0.05) is 12.8 Å². The summed E-state index contributed by atoms with van der Waals surface area (Å²) in [5.41, 5.74) is 0. The Morgan fingerprint density at radius 1 is 0.558 bits per heavy atom. The van der Waals surface area contributed by atoms with Crippen LogP contribution in [-0.4, -0.2) is 23.1 Å². The Labute approximate surface area is 265 Å². The molecule has 0 amide bonds. The van der Waals surface area contributed by atoms with Gasteiger partial charge in [-0.05, 0) is 83.1 Å². The molecule has 0 bridgehead atoms. The maximum absolute atomic E-state index is 12.5. The summed E-state index contributed by atoms with van der Waals surface area (Å²) in [6.45, 7) is 4.40. The van der Waals surface area contributed by atoms with Gasteiger partial charge in [-0.15, -0.1) is 0 Å². The lowest BCUT2D eigenvalue weighted by molar-refractivity contribution is -0.147. The van der Waals surface area contributed by atoms with Crippen LogP contribution >= 0.6 is 0 Å². The molecule has 0 aromatic rings. The summed E-state index contributed by atoms with van der Waals surface area (Å²) >= 11 is 0. The second-order valence-corrected chi connectivity index (χ2v) is 11.3. The molecule has 0 saturated heterocycles. The van der Waals surface area contributed by atoms with Crippen molar-refractivity contribution in [1.29, 1.82) is 0 Å². The molecule has 1 N–H and O–H groups in total. The molecule has 43 heavy (non-hydrogen) atoms. The molecule has 0 spiro atoms. The van der Waals surface area contributed by atoms with Crippen molar-refractivity contribution < 1.29 is 19.4 Å². The quantitative estimate of drug-likeness (QED) is 0.0509. The molecular formula is C39H64O4. The number of aliphatic carboxylic acids is 1. The van der Waals surface area contributed by atoms with Crippen LogP contribution in [0.15, 0.2) is 72.9 Å². The van der Waals surface area contributed by atoms with E-state index >= 15 is 0 Å². The van der Waals surface area contributed by atoms with Crippen LogP contribution in [0, 0.1) is 0 Å². The van der Waals surface area contributed by atoms with Crippen LogP contribution < -0.4 is 0 Å². The fourth-order valence-electron chi connectivity index (χ4n) is 4.60. The number of allylic oxidation sites excluding steroid dienone is 11. The topological polar surface area (TPSA) is 63.6 Å². The number of carbonyl (C=O) groups is 2. The van der Waals surface area contributed by atoms with Gasteiger partial charge in [0.15, 0.2) is 0 Å². The van der Waals surface area contributed by atoms with Gasteiger partial charge in [-0.25, -0.2) is 0 Å². The zero-order chi connectivity index (χ0) is 31.5. The van der Waals surface area contributed by atoms with Crippen molar-refractivity contribution in [3.8, 4) is 0 Å². The SMILES string of the molecule is CC/C=C\C/C=C\C/C=C\C/C=C\C/C=C\CCCC(=O)OC(/C=C\CCCCCCCCC)CCCCCCC(=O)O. The summed E-state index contributed by atoms with van der Waals surface area (Å²) in [5.74, 6) is -0.853. The van der Waals surface area contributed by atoms with Gasteiger partial charge in [0.1, 0.15) is 6.10 Å². The lowest BCUT2D eigenvalue weighted by Crippen LogP contribution is -2.16. The first-order valence-corrected chi connectivity index (χ1v) is 17.4. The minimum Gasteiger partial charge on any atom is -0.481 e. The first-order chi connectivity index (χ1) is 21.1. The van der Waals surface area contributed by atoms with E-state index in [9.17, 15) is 9.59 Å². The lowest BCUT2D eigenvalue weighted by atomic mass is 10.1. The Bertz CT molecular complexity index is 815. The molecule has 0 aliphatic heterocycles. The van der Waals surface area contributed by atoms with Crippen LogP contribution in [0.4, 0.5) is 0 Å². The third-order valence-electron chi connectivity index (χ3n) is 7.15. The smallest absolute Gasteiger partial charge is 0.306 e. The average molecular weight is 597 g/mol. The molecule has 244 valence electrons. The maximum atomic E-state index is 12.5. The summed E-state index contributed by atoms with van der Waals surface area (Å²) in [7, 11) is 0. The van der Waals surface area contributed by atoms with Crippen LogP contribution in [0.5, 0.6) is 0 Å². The van der Waals surface area contributed by atoms with Crippen molar-refractivity contribution in [2.24, 2.45) is 0 Å². The van der Waals surface area contributed by atoms with Crippen molar-refractivity contribution in [3.05, 3.63) is 72.9 Å². The van der Waals surface area contributed by atoms with E-state index in [1.165, 1.54) is 44.9 Å². The molecular weight excluding hydrogens is 532 g/mol. The van der Waals surface area contributed by atoms with E-state index in [4.69, 9.17) is 9.84 Å². The van der Waals surface area contributed by atoms with Crippen LogP contribution in [0.3, 0.4) is 0 Å². The zero-order valence-corrected chi connectivity index (χ0v) is 27.7. The predicted molar refractivity (Wildman–Crippen MR) is 185 cm³/mol. The maximum Gasteiger partial charge on any atom is 0.306 e. The van der Waals surface area contributed by atoms with Gasteiger partial charge in [-0.3, -0.25) is 9.59 Å². The third-order valence-corrected chi connectivity index (χ3v) is 7.15. The number of rotatable bonds is 30. The Kier molecular flexibility index (Phi) is 31.8. The predicted octanol–water partition coefficient (Wildman–Crippen LogP) is 11.9. The Balaban J connectivity index is 4.20. The van der Waals surface area contributed by atoms with E-state index < -0.39 is 5.97 Å². The number of unbranched alkanes of at least 4 members (excludes halogenated alkanes) is 11. The van der Waals surface area contributed by atoms with Crippen molar-refractivity contribution >= 4 is 11.9 Å². The second-order valence-electron chi connectivity index (χ2n) is 11.3. The summed E-state index contributed by atoms with van der Waals surface area (Å²) < 4.78 is 5.83. The fourth-order valence-corrected chi connectivity index (χ4v) is 4.60. The number of ether oxygens (including phenoxy) is 1. The van der Waals surface area contributed by atoms with Crippen LogP contribution in [0.1, 0.15) is 155 Å². The van der Waals surface area contributed by atoms with Gasteiger partial charge >= 0.3 is 11.9 Å².